The Bertz CT molecular complexity index is 1820. The van der Waals surface area contributed by atoms with Gasteiger partial charge in [0, 0.05) is 56.6 Å². The van der Waals surface area contributed by atoms with E-state index in [-0.39, 0.29) is 42.3 Å². The average molecular weight is 790 g/mol. The number of cyclic esters (lactones) is 1. The van der Waals surface area contributed by atoms with Gasteiger partial charge in [0.15, 0.2) is 0 Å². The minimum Gasteiger partial charge on any atom is -0.423 e. The number of amides is 2. The second kappa shape index (κ2) is 16.3. The summed E-state index contributed by atoms with van der Waals surface area (Å²) in [5, 5.41) is 32.4. The van der Waals surface area contributed by atoms with E-state index in [0.29, 0.717) is 76.5 Å². The standard InChI is InChI=1S/C42H59N7O8/c1-25(36(52)47-39-43-13-14-44-39)45-31(30-20-29(57-38(30)54)19-27-7-9-28(10-8-27)48(5)6)21-33-40(3)12-11-35(51)41(4,23-50)32(40)22-34(42(33)24-56-42)46-26(2)37(53)49-15-17-55-18-16-49/h7-10,13,19-20,25-26,31-35,45-46,50-51H,11-12,14-18,21-24H2,1-6H3,(H,44,47,52)/b29-19+/t25?,26?,31?,32?,33?,34?,35-,40+,41+,42?/m1/s1. The molecule has 1 spiro atoms. The van der Waals surface area contributed by atoms with Crippen molar-refractivity contribution in [3.8, 4) is 0 Å². The summed E-state index contributed by atoms with van der Waals surface area (Å²) < 4.78 is 17.9. The number of aliphatic imine (C=N–C) groups is 2. The molecule has 0 bridgehead atoms. The van der Waals surface area contributed by atoms with Crippen LogP contribution >= 0.6 is 0 Å². The smallest absolute Gasteiger partial charge is 0.341 e. The van der Waals surface area contributed by atoms with Crippen molar-refractivity contribution < 1.29 is 38.8 Å². The summed E-state index contributed by atoms with van der Waals surface area (Å²) in [4.78, 5) is 53.4. The van der Waals surface area contributed by atoms with E-state index in [9.17, 15) is 24.6 Å². The molecule has 2 aliphatic carbocycles. The lowest BCUT2D eigenvalue weighted by molar-refractivity contribution is -0.185. The highest BCUT2D eigenvalue weighted by molar-refractivity contribution is 6.04. The topological polar surface area (TPSA) is 190 Å². The van der Waals surface area contributed by atoms with E-state index in [1.807, 2.05) is 68.1 Å². The van der Waals surface area contributed by atoms with Gasteiger partial charge in [0.25, 0.3) is 0 Å². The van der Waals surface area contributed by atoms with Crippen molar-refractivity contribution in [3.05, 3.63) is 47.2 Å². The molecule has 5 N–H and O–H groups in total. The molecule has 7 rings (SSSR count). The fraction of sp³-hybridized carbons (Fsp3) is 0.643. The number of rotatable bonds is 12. The maximum absolute atomic E-state index is 13.9. The molecule has 2 amide bonds. The van der Waals surface area contributed by atoms with Crippen LogP contribution in [-0.2, 0) is 28.6 Å². The molecule has 57 heavy (non-hydrogen) atoms. The molecule has 4 fully saturated rings. The van der Waals surface area contributed by atoms with Crippen molar-refractivity contribution in [1.82, 2.24) is 20.9 Å². The third kappa shape index (κ3) is 8.06. The van der Waals surface area contributed by atoms with Gasteiger partial charge >= 0.3 is 5.97 Å². The fourth-order valence-electron chi connectivity index (χ4n) is 10.2. The zero-order valence-corrected chi connectivity index (χ0v) is 34.0. The summed E-state index contributed by atoms with van der Waals surface area (Å²) >= 11 is 0. The molecule has 15 heteroatoms. The van der Waals surface area contributed by atoms with Gasteiger partial charge < -0.3 is 39.5 Å². The van der Waals surface area contributed by atoms with Crippen LogP contribution in [0.5, 0.6) is 0 Å². The highest BCUT2D eigenvalue weighted by Crippen LogP contribution is 2.66. The van der Waals surface area contributed by atoms with Gasteiger partial charge in [-0.3, -0.25) is 20.2 Å². The first-order valence-electron chi connectivity index (χ1n) is 20.3. The Morgan fingerprint density at radius 1 is 1.12 bits per heavy atom. The SMILES string of the molecule is CC(NC(CC1C2(CO2)C(NC(C)C(=O)N2CCOCC2)CC2[C@]1(C)CC[C@@H](O)[C@@]2(C)CO)C1=C/C(=C\c2ccc(N(C)C)cc2)OC1=O)C(=O)NC1=NCC=N1. The Hall–Kier alpha value is -3.99. The molecule has 2 saturated carbocycles. The number of allylic oxidation sites excluding steroid dienone is 1. The van der Waals surface area contributed by atoms with Crippen LogP contribution in [-0.4, -0.2) is 141 Å². The number of nitrogens with one attached hydrogen (secondary N) is 3. The first-order valence-corrected chi connectivity index (χ1v) is 20.3. The molecule has 0 radical (unpaired) electrons. The Morgan fingerprint density at radius 2 is 1.84 bits per heavy atom. The Balaban J connectivity index is 1.24. The molecular formula is C42H59N7O8. The molecule has 10 atom stereocenters. The van der Waals surface area contributed by atoms with Crippen LogP contribution in [0.15, 0.2) is 51.7 Å². The van der Waals surface area contributed by atoms with E-state index in [2.05, 4.69) is 32.9 Å². The first-order chi connectivity index (χ1) is 27.2. The third-order valence-corrected chi connectivity index (χ3v) is 13.6. The van der Waals surface area contributed by atoms with Crippen LogP contribution in [0.2, 0.25) is 0 Å². The Kier molecular flexibility index (Phi) is 11.8. The lowest BCUT2D eigenvalue weighted by Gasteiger charge is -2.63. The maximum atomic E-state index is 13.9. The van der Waals surface area contributed by atoms with Crippen molar-refractivity contribution >= 4 is 41.7 Å². The third-order valence-electron chi connectivity index (χ3n) is 13.6. The number of aliphatic hydroxyl groups excluding tert-OH is 2. The second-order valence-electron chi connectivity index (χ2n) is 17.4. The number of fused-ring (bicyclic) bond motifs is 1. The van der Waals surface area contributed by atoms with Crippen LogP contribution in [0.1, 0.15) is 58.9 Å². The number of carbonyl (C=O) groups excluding carboxylic acids is 3. The first kappa shape index (κ1) is 41.2. The van der Waals surface area contributed by atoms with Crippen molar-refractivity contribution in [2.24, 2.45) is 32.7 Å². The number of hydrogen-bond donors (Lipinski definition) is 5. The van der Waals surface area contributed by atoms with Crippen molar-refractivity contribution in [2.75, 3.05) is 65.1 Å². The predicted molar refractivity (Wildman–Crippen MR) is 215 cm³/mol. The van der Waals surface area contributed by atoms with E-state index in [1.165, 1.54) is 0 Å². The fourth-order valence-corrected chi connectivity index (χ4v) is 10.2. The van der Waals surface area contributed by atoms with Gasteiger partial charge in [0.05, 0.1) is 56.7 Å². The number of esters is 1. The van der Waals surface area contributed by atoms with E-state index in [1.54, 1.807) is 19.2 Å². The second-order valence-corrected chi connectivity index (χ2v) is 17.4. The molecule has 310 valence electrons. The lowest BCUT2D eigenvalue weighted by Crippen LogP contribution is -2.68. The molecule has 4 heterocycles. The molecule has 1 aromatic carbocycles. The van der Waals surface area contributed by atoms with Crippen molar-refractivity contribution in [3.63, 3.8) is 0 Å². The van der Waals surface area contributed by atoms with Gasteiger partial charge in [-0.25, -0.2) is 14.8 Å². The van der Waals surface area contributed by atoms with Crippen LogP contribution < -0.4 is 20.9 Å². The van der Waals surface area contributed by atoms with Gasteiger partial charge in [-0.2, -0.15) is 0 Å². The monoisotopic (exact) mass is 789 g/mol. The summed E-state index contributed by atoms with van der Waals surface area (Å²) in [6.07, 6.45) is 6.56. The number of nitrogens with zero attached hydrogens (tertiary/aromatic N) is 4. The quantitative estimate of drug-likeness (QED) is 0.153. The highest BCUT2D eigenvalue weighted by Gasteiger charge is 2.71. The summed E-state index contributed by atoms with van der Waals surface area (Å²) in [5.41, 5.74) is 0.280. The number of hydrogen-bond acceptors (Lipinski definition) is 13. The highest BCUT2D eigenvalue weighted by atomic mass is 16.6. The van der Waals surface area contributed by atoms with Gasteiger partial charge in [-0.05, 0) is 86.6 Å². The number of carbonyl (C=O) groups is 3. The number of guanidine groups is 1. The Labute approximate surface area is 335 Å². The molecule has 7 unspecified atom stereocenters. The van der Waals surface area contributed by atoms with Crippen LogP contribution in [0.25, 0.3) is 6.08 Å². The van der Waals surface area contributed by atoms with E-state index in [0.717, 1.165) is 11.3 Å². The average Bonchev–Trinajstić information content (AvgIpc) is 3.65. The summed E-state index contributed by atoms with van der Waals surface area (Å²) in [6, 6.07) is 5.64. The molecule has 6 aliphatic rings. The number of ether oxygens (including phenoxy) is 3. The van der Waals surface area contributed by atoms with Crippen LogP contribution in [0, 0.1) is 22.7 Å². The van der Waals surface area contributed by atoms with Crippen LogP contribution in [0.3, 0.4) is 0 Å². The minimum absolute atomic E-state index is 0.0160. The summed E-state index contributed by atoms with van der Waals surface area (Å²) in [6.45, 7) is 10.4. The molecule has 15 nitrogen and oxygen atoms in total. The zero-order valence-electron chi connectivity index (χ0n) is 34.0. The van der Waals surface area contributed by atoms with E-state index in [4.69, 9.17) is 14.2 Å². The largest absolute Gasteiger partial charge is 0.423 e. The molecule has 0 aromatic heterocycles. The zero-order chi connectivity index (χ0) is 40.7. The number of anilines is 1. The molecule has 2 saturated heterocycles. The van der Waals surface area contributed by atoms with Gasteiger partial charge in [-0.1, -0.05) is 26.0 Å². The van der Waals surface area contributed by atoms with Gasteiger partial charge in [0.2, 0.25) is 17.8 Å². The normalized spacial score (nSPS) is 34.3. The van der Waals surface area contributed by atoms with Crippen LogP contribution in [0.4, 0.5) is 5.69 Å². The lowest BCUT2D eigenvalue weighted by atomic mass is 9.43. The van der Waals surface area contributed by atoms with Gasteiger partial charge in [0.1, 0.15) is 11.4 Å². The number of epoxide rings is 1. The summed E-state index contributed by atoms with van der Waals surface area (Å²) in [5.74, 6) is -0.661. The van der Waals surface area contributed by atoms with Crippen molar-refractivity contribution in [2.45, 2.75) is 89.3 Å². The summed E-state index contributed by atoms with van der Waals surface area (Å²) in [7, 11) is 3.94. The molecule has 1 aromatic rings. The van der Waals surface area contributed by atoms with E-state index < -0.39 is 46.6 Å². The Morgan fingerprint density at radius 3 is 2.47 bits per heavy atom. The maximum Gasteiger partial charge on any atom is 0.341 e. The number of benzene rings is 1. The molecule has 4 aliphatic heterocycles. The molecular weight excluding hydrogens is 731 g/mol. The van der Waals surface area contributed by atoms with Gasteiger partial charge in [-0.15, -0.1) is 0 Å². The predicted octanol–water partition coefficient (Wildman–Crippen LogP) is 1.64. The number of aliphatic hydroxyl groups is 2. The van der Waals surface area contributed by atoms with E-state index >= 15 is 0 Å². The van der Waals surface area contributed by atoms with Crippen molar-refractivity contribution in [1.29, 1.82) is 0 Å². The number of morpholine rings is 1. The minimum atomic E-state index is -0.832.